The predicted molar refractivity (Wildman–Crippen MR) is 182 cm³/mol. The lowest BCUT2D eigenvalue weighted by Crippen LogP contribution is -2.62. The first-order valence-electron chi connectivity index (χ1n) is 18.2. The Hall–Kier alpha value is -3.17. The number of rotatable bonds is 7. The zero-order chi connectivity index (χ0) is 34.9. The number of likely N-dealkylation sites (tertiary alicyclic amines) is 1. The number of carbonyl (C=O) groups excluding carboxylic acids is 4. The van der Waals surface area contributed by atoms with Crippen LogP contribution < -0.4 is 10.6 Å². The number of nitrogens with one attached hydrogen (secondary N) is 2. The summed E-state index contributed by atoms with van der Waals surface area (Å²) >= 11 is 0. The largest absolute Gasteiger partial charge is 0.444 e. The average Bonchev–Trinajstić information content (AvgIpc) is 3.04. The maximum absolute atomic E-state index is 14.3. The molecule has 48 heavy (non-hydrogen) atoms. The summed E-state index contributed by atoms with van der Waals surface area (Å²) in [5.41, 5.74) is -0.775. The Morgan fingerprint density at radius 1 is 0.938 bits per heavy atom. The number of benzene rings is 1. The molecule has 266 valence electrons. The van der Waals surface area contributed by atoms with Gasteiger partial charge in [-0.25, -0.2) is 9.18 Å². The van der Waals surface area contributed by atoms with Gasteiger partial charge in [-0.15, -0.1) is 0 Å². The van der Waals surface area contributed by atoms with Crippen molar-refractivity contribution in [2.24, 2.45) is 23.2 Å². The number of piperidine rings is 3. The highest BCUT2D eigenvalue weighted by atomic mass is 19.1. The average molecular weight is 669 g/mol. The summed E-state index contributed by atoms with van der Waals surface area (Å²) in [5.74, 6) is -0.673. The standard InChI is InChI=1S/C38H57FN4O5/c1-36(2,3)41-34(46)38(27-10-8-7-9-11-27)18-20-42(21-19-38)33(45)30(23-25-12-15-28(39)16-13-25)40-32(44)29-22-26-14-17-31(29)43(24-26)35(47)48-37(4,5)6/h12-13,15-16,26-27,29-31H,7-11,14,17-24H2,1-6H3,(H,40,44)(H,41,46)/t26-,29?,30+,31?/m0/s1. The van der Waals surface area contributed by atoms with E-state index in [9.17, 15) is 23.6 Å². The van der Waals surface area contributed by atoms with Crippen LogP contribution >= 0.6 is 0 Å². The van der Waals surface area contributed by atoms with Crippen molar-refractivity contribution in [1.82, 2.24) is 20.4 Å². The molecule has 2 aliphatic carbocycles. The normalized spacial score (nSPS) is 25.3. The van der Waals surface area contributed by atoms with Gasteiger partial charge in [0, 0.05) is 37.6 Å². The van der Waals surface area contributed by atoms with Gasteiger partial charge in [-0.2, -0.15) is 0 Å². The van der Waals surface area contributed by atoms with Crippen molar-refractivity contribution in [3.8, 4) is 0 Å². The number of halogens is 1. The van der Waals surface area contributed by atoms with Gasteiger partial charge in [0.15, 0.2) is 0 Å². The second-order valence-electron chi connectivity index (χ2n) is 16.9. The molecule has 3 saturated heterocycles. The van der Waals surface area contributed by atoms with E-state index in [1.54, 1.807) is 21.9 Å². The number of carbonyl (C=O) groups is 4. The van der Waals surface area contributed by atoms with Gasteiger partial charge < -0.3 is 25.2 Å². The van der Waals surface area contributed by atoms with Crippen molar-refractivity contribution in [2.45, 2.75) is 135 Å². The number of amides is 4. The van der Waals surface area contributed by atoms with Gasteiger partial charge in [-0.1, -0.05) is 31.4 Å². The molecular weight excluding hydrogens is 611 g/mol. The fourth-order valence-electron chi connectivity index (χ4n) is 8.63. The SMILES string of the molecule is CC(C)(C)NC(=O)C1(C2CCCCC2)CCN(C(=O)[C@@H](Cc2ccc(F)cc2)NC(=O)C2C[C@@H]3CCC2N(C(=O)OC(C)(C)C)C3)CC1. The van der Waals surface area contributed by atoms with E-state index < -0.39 is 29.1 Å². The third-order valence-corrected chi connectivity index (χ3v) is 11.0. The maximum atomic E-state index is 14.3. The van der Waals surface area contributed by atoms with Crippen LogP contribution in [0.3, 0.4) is 0 Å². The zero-order valence-corrected chi connectivity index (χ0v) is 29.9. The van der Waals surface area contributed by atoms with E-state index in [-0.39, 0.29) is 53.4 Å². The predicted octanol–water partition coefficient (Wildman–Crippen LogP) is 5.99. The van der Waals surface area contributed by atoms with Crippen molar-refractivity contribution < 1.29 is 28.3 Å². The van der Waals surface area contributed by atoms with Gasteiger partial charge >= 0.3 is 6.09 Å². The first-order valence-corrected chi connectivity index (χ1v) is 18.2. The molecule has 2 bridgehead atoms. The summed E-state index contributed by atoms with van der Waals surface area (Å²) in [6.07, 6.45) is 8.79. The molecule has 2 N–H and O–H groups in total. The van der Waals surface area contributed by atoms with Crippen LogP contribution in [0.4, 0.5) is 9.18 Å². The third kappa shape index (κ3) is 8.51. The van der Waals surface area contributed by atoms with Gasteiger partial charge in [-0.3, -0.25) is 14.4 Å². The molecule has 4 amide bonds. The molecule has 4 atom stereocenters. The number of nitrogens with zero attached hydrogens (tertiary/aromatic N) is 2. The van der Waals surface area contributed by atoms with Crippen molar-refractivity contribution >= 4 is 23.8 Å². The minimum Gasteiger partial charge on any atom is -0.444 e. The minimum atomic E-state index is -0.857. The van der Waals surface area contributed by atoms with Crippen LogP contribution in [0.25, 0.3) is 0 Å². The lowest BCUT2D eigenvalue weighted by atomic mass is 9.63. The Balaban J connectivity index is 1.33. The highest BCUT2D eigenvalue weighted by molar-refractivity contribution is 5.90. The molecule has 5 fully saturated rings. The first-order chi connectivity index (χ1) is 22.5. The lowest BCUT2D eigenvalue weighted by molar-refractivity contribution is -0.148. The number of hydrogen-bond donors (Lipinski definition) is 2. The van der Waals surface area contributed by atoms with E-state index in [1.165, 1.54) is 18.6 Å². The molecule has 3 aliphatic heterocycles. The molecule has 0 aromatic heterocycles. The highest BCUT2D eigenvalue weighted by Gasteiger charge is 2.50. The van der Waals surface area contributed by atoms with E-state index in [0.29, 0.717) is 45.3 Å². The topological polar surface area (TPSA) is 108 Å². The van der Waals surface area contributed by atoms with E-state index in [1.807, 2.05) is 41.5 Å². The molecular formula is C38H57FN4O5. The van der Waals surface area contributed by atoms with Crippen LogP contribution in [0.5, 0.6) is 0 Å². The Labute approximate surface area is 286 Å². The Morgan fingerprint density at radius 2 is 1.58 bits per heavy atom. The summed E-state index contributed by atoms with van der Waals surface area (Å²) in [6, 6.07) is 4.88. The fraction of sp³-hybridized carbons (Fsp3) is 0.737. The van der Waals surface area contributed by atoms with Crippen LogP contribution in [0, 0.1) is 29.0 Å². The fourth-order valence-corrected chi connectivity index (χ4v) is 8.63. The Bertz CT molecular complexity index is 1320. The second kappa shape index (κ2) is 14.4. The smallest absolute Gasteiger partial charge is 0.410 e. The van der Waals surface area contributed by atoms with E-state index >= 15 is 0 Å². The highest BCUT2D eigenvalue weighted by Crippen LogP contribution is 2.47. The van der Waals surface area contributed by atoms with Crippen LogP contribution in [0.2, 0.25) is 0 Å². The molecule has 1 aromatic rings. The Morgan fingerprint density at radius 3 is 2.17 bits per heavy atom. The molecule has 2 saturated carbocycles. The molecule has 1 aromatic carbocycles. The number of ether oxygens (including phenoxy) is 1. The first kappa shape index (κ1) is 36.1. The van der Waals surface area contributed by atoms with E-state index in [2.05, 4.69) is 10.6 Å². The monoisotopic (exact) mass is 668 g/mol. The number of hydrogen-bond acceptors (Lipinski definition) is 5. The van der Waals surface area contributed by atoms with Crippen LogP contribution in [-0.4, -0.2) is 76.5 Å². The van der Waals surface area contributed by atoms with E-state index in [0.717, 1.165) is 37.7 Å². The van der Waals surface area contributed by atoms with Gasteiger partial charge in [0.1, 0.15) is 17.5 Å². The second-order valence-corrected chi connectivity index (χ2v) is 16.9. The van der Waals surface area contributed by atoms with Gasteiger partial charge in [0.2, 0.25) is 17.7 Å². The van der Waals surface area contributed by atoms with Crippen LogP contribution in [-0.2, 0) is 25.5 Å². The van der Waals surface area contributed by atoms with Crippen LogP contribution in [0.1, 0.15) is 111 Å². The quantitative estimate of drug-likeness (QED) is 0.371. The van der Waals surface area contributed by atoms with E-state index in [4.69, 9.17) is 4.74 Å². The molecule has 0 spiro atoms. The third-order valence-electron chi connectivity index (χ3n) is 11.0. The summed E-state index contributed by atoms with van der Waals surface area (Å²) in [7, 11) is 0. The van der Waals surface area contributed by atoms with Gasteiger partial charge in [-0.05, 0) is 116 Å². The van der Waals surface area contributed by atoms with Gasteiger partial charge in [0.25, 0.3) is 0 Å². The molecule has 2 unspecified atom stereocenters. The van der Waals surface area contributed by atoms with Crippen molar-refractivity contribution in [1.29, 1.82) is 0 Å². The number of fused-ring (bicyclic) bond motifs is 3. The molecule has 6 rings (SSSR count). The van der Waals surface area contributed by atoms with Gasteiger partial charge in [0.05, 0.1) is 11.3 Å². The van der Waals surface area contributed by atoms with Crippen molar-refractivity contribution in [2.75, 3.05) is 19.6 Å². The van der Waals surface area contributed by atoms with Crippen LogP contribution in [0.15, 0.2) is 24.3 Å². The molecule has 3 heterocycles. The molecule has 9 nitrogen and oxygen atoms in total. The lowest BCUT2D eigenvalue weighted by Gasteiger charge is -2.49. The minimum absolute atomic E-state index is 0.0899. The molecule has 5 aliphatic rings. The summed E-state index contributed by atoms with van der Waals surface area (Å²) in [6.45, 7) is 13.0. The zero-order valence-electron chi connectivity index (χ0n) is 29.9. The Kier molecular flexibility index (Phi) is 10.8. The maximum Gasteiger partial charge on any atom is 0.410 e. The van der Waals surface area contributed by atoms with Crippen molar-refractivity contribution in [3.05, 3.63) is 35.6 Å². The summed E-state index contributed by atoms with van der Waals surface area (Å²) in [4.78, 5) is 58.9. The van der Waals surface area contributed by atoms with Crippen molar-refractivity contribution in [3.63, 3.8) is 0 Å². The summed E-state index contributed by atoms with van der Waals surface area (Å²) in [5, 5.41) is 6.36. The molecule has 10 heteroatoms. The summed E-state index contributed by atoms with van der Waals surface area (Å²) < 4.78 is 19.5. The molecule has 0 radical (unpaired) electrons.